The van der Waals surface area contributed by atoms with E-state index in [2.05, 4.69) is 11.4 Å². The highest BCUT2D eigenvalue weighted by Crippen LogP contribution is 2.22. The summed E-state index contributed by atoms with van der Waals surface area (Å²) in [4.78, 5) is 13.8. The first-order chi connectivity index (χ1) is 9.43. The SMILES string of the molecule is CC(CC#N)N(C)CCC(=O)Nc1cc(Cl)ccc1N. The van der Waals surface area contributed by atoms with E-state index >= 15 is 0 Å². The van der Waals surface area contributed by atoms with Gasteiger partial charge in [-0.25, -0.2) is 0 Å². The molecule has 1 rings (SSSR count). The van der Waals surface area contributed by atoms with Gasteiger partial charge in [0, 0.05) is 24.0 Å². The molecule has 5 nitrogen and oxygen atoms in total. The van der Waals surface area contributed by atoms with Gasteiger partial charge in [0.25, 0.3) is 0 Å². The number of rotatable bonds is 6. The van der Waals surface area contributed by atoms with Crippen LogP contribution in [0.2, 0.25) is 5.02 Å². The molecule has 0 fully saturated rings. The fraction of sp³-hybridized carbons (Fsp3) is 0.429. The predicted molar refractivity (Wildman–Crippen MR) is 81.4 cm³/mol. The van der Waals surface area contributed by atoms with Crippen LogP contribution in [0.25, 0.3) is 0 Å². The Morgan fingerprint density at radius 2 is 2.30 bits per heavy atom. The van der Waals surface area contributed by atoms with E-state index in [9.17, 15) is 4.79 Å². The second kappa shape index (κ2) is 7.73. The fourth-order valence-corrected chi connectivity index (χ4v) is 1.81. The normalized spacial score (nSPS) is 11.9. The van der Waals surface area contributed by atoms with Crippen LogP contribution in [0.15, 0.2) is 18.2 Å². The van der Waals surface area contributed by atoms with Gasteiger partial charge in [-0.2, -0.15) is 5.26 Å². The molecule has 1 unspecified atom stereocenters. The van der Waals surface area contributed by atoms with Crippen molar-refractivity contribution in [1.82, 2.24) is 4.90 Å². The van der Waals surface area contributed by atoms with Gasteiger partial charge in [0.2, 0.25) is 5.91 Å². The maximum Gasteiger partial charge on any atom is 0.225 e. The standard InChI is InChI=1S/C14H19ClN4O/c1-10(5-7-16)19(2)8-6-14(20)18-13-9-11(15)3-4-12(13)17/h3-4,9-10H,5-6,8,17H2,1-2H3,(H,18,20). The van der Waals surface area contributed by atoms with Gasteiger partial charge in [0.05, 0.1) is 23.9 Å². The summed E-state index contributed by atoms with van der Waals surface area (Å²) >= 11 is 5.86. The highest BCUT2D eigenvalue weighted by Gasteiger charge is 2.11. The highest BCUT2D eigenvalue weighted by molar-refractivity contribution is 6.31. The molecule has 1 amide bonds. The van der Waals surface area contributed by atoms with Gasteiger partial charge in [-0.15, -0.1) is 0 Å². The second-order valence-electron chi connectivity index (χ2n) is 4.72. The van der Waals surface area contributed by atoms with Gasteiger partial charge in [-0.05, 0) is 32.2 Å². The minimum absolute atomic E-state index is 0.129. The molecule has 6 heteroatoms. The Balaban J connectivity index is 2.48. The molecule has 0 bridgehead atoms. The molecular formula is C14H19ClN4O. The molecule has 0 heterocycles. The lowest BCUT2D eigenvalue weighted by Crippen LogP contribution is -2.31. The Labute approximate surface area is 124 Å². The molecule has 0 aliphatic carbocycles. The predicted octanol–water partition coefficient (Wildman–Crippen LogP) is 2.48. The number of benzene rings is 1. The van der Waals surface area contributed by atoms with Crippen LogP contribution in [0.1, 0.15) is 19.8 Å². The van der Waals surface area contributed by atoms with Gasteiger partial charge < -0.3 is 16.0 Å². The molecule has 108 valence electrons. The van der Waals surface area contributed by atoms with Crippen molar-refractivity contribution < 1.29 is 4.79 Å². The number of anilines is 2. The summed E-state index contributed by atoms with van der Waals surface area (Å²) in [6.07, 6.45) is 0.775. The Hall–Kier alpha value is -1.77. The third-order valence-electron chi connectivity index (χ3n) is 3.12. The summed E-state index contributed by atoms with van der Waals surface area (Å²) in [5.74, 6) is -0.130. The van der Waals surface area contributed by atoms with Gasteiger partial charge in [0.15, 0.2) is 0 Å². The van der Waals surface area contributed by atoms with Gasteiger partial charge >= 0.3 is 0 Å². The van der Waals surface area contributed by atoms with E-state index in [0.717, 1.165) is 0 Å². The lowest BCUT2D eigenvalue weighted by Gasteiger charge is -2.22. The number of nitrogen functional groups attached to an aromatic ring is 1. The molecule has 20 heavy (non-hydrogen) atoms. The van der Waals surface area contributed by atoms with Crippen LogP contribution >= 0.6 is 11.6 Å². The van der Waals surface area contributed by atoms with Crippen molar-refractivity contribution in [3.8, 4) is 6.07 Å². The summed E-state index contributed by atoms with van der Waals surface area (Å²) in [6, 6.07) is 7.19. The number of nitrogens with one attached hydrogen (secondary N) is 1. The van der Waals surface area contributed by atoms with Crippen molar-refractivity contribution in [2.45, 2.75) is 25.8 Å². The van der Waals surface area contributed by atoms with Gasteiger partial charge in [0.1, 0.15) is 0 Å². The lowest BCUT2D eigenvalue weighted by molar-refractivity contribution is -0.116. The Bertz CT molecular complexity index is 512. The first-order valence-corrected chi connectivity index (χ1v) is 6.74. The monoisotopic (exact) mass is 294 g/mol. The number of halogens is 1. The van der Waals surface area contributed by atoms with Crippen molar-refractivity contribution in [1.29, 1.82) is 5.26 Å². The van der Waals surface area contributed by atoms with Gasteiger partial charge in [-0.3, -0.25) is 4.79 Å². The van der Waals surface area contributed by atoms with Crippen molar-refractivity contribution in [3.63, 3.8) is 0 Å². The molecule has 1 aromatic rings. The van der Waals surface area contributed by atoms with Crippen LogP contribution < -0.4 is 11.1 Å². The van der Waals surface area contributed by atoms with E-state index < -0.39 is 0 Å². The summed E-state index contributed by atoms with van der Waals surface area (Å²) in [5, 5.41) is 11.9. The minimum Gasteiger partial charge on any atom is -0.397 e. The number of nitrogens with zero attached hydrogens (tertiary/aromatic N) is 2. The largest absolute Gasteiger partial charge is 0.397 e. The van der Waals surface area contributed by atoms with Crippen LogP contribution in [0.3, 0.4) is 0 Å². The quantitative estimate of drug-likeness (QED) is 0.790. The van der Waals surface area contributed by atoms with Crippen LogP contribution in [0.5, 0.6) is 0 Å². The van der Waals surface area contributed by atoms with Crippen molar-refractivity contribution >= 4 is 28.9 Å². The molecule has 0 aromatic heterocycles. The lowest BCUT2D eigenvalue weighted by atomic mass is 10.2. The van der Waals surface area contributed by atoms with Crippen LogP contribution in [0.4, 0.5) is 11.4 Å². The zero-order chi connectivity index (χ0) is 15.1. The van der Waals surface area contributed by atoms with Crippen molar-refractivity contribution in [2.75, 3.05) is 24.6 Å². The maximum atomic E-state index is 11.9. The number of nitriles is 1. The van der Waals surface area contributed by atoms with E-state index in [4.69, 9.17) is 22.6 Å². The van der Waals surface area contributed by atoms with Crippen molar-refractivity contribution in [3.05, 3.63) is 23.2 Å². The van der Waals surface area contributed by atoms with Gasteiger partial charge in [-0.1, -0.05) is 11.6 Å². The minimum atomic E-state index is -0.130. The average Bonchev–Trinajstić information content (AvgIpc) is 2.40. The molecule has 1 atom stereocenters. The second-order valence-corrected chi connectivity index (χ2v) is 5.16. The first-order valence-electron chi connectivity index (χ1n) is 6.36. The number of carbonyl (C=O) groups is 1. The van der Waals surface area contributed by atoms with Crippen LogP contribution in [0, 0.1) is 11.3 Å². The molecule has 0 saturated heterocycles. The summed E-state index contributed by atoms with van der Waals surface area (Å²) < 4.78 is 0. The average molecular weight is 295 g/mol. The molecule has 0 saturated carbocycles. The van der Waals surface area contributed by atoms with E-state index in [1.54, 1.807) is 18.2 Å². The summed E-state index contributed by atoms with van der Waals surface area (Å²) in [6.45, 7) is 2.53. The molecule has 1 aromatic carbocycles. The summed E-state index contributed by atoms with van der Waals surface area (Å²) in [5.41, 5.74) is 6.77. The molecule has 0 radical (unpaired) electrons. The Morgan fingerprint density at radius 1 is 1.60 bits per heavy atom. The third-order valence-corrected chi connectivity index (χ3v) is 3.36. The molecule has 0 aliphatic heterocycles. The van der Waals surface area contributed by atoms with E-state index in [0.29, 0.717) is 35.8 Å². The molecule has 3 N–H and O–H groups in total. The third kappa shape index (κ3) is 5.08. The Kier molecular flexibility index (Phi) is 6.29. The zero-order valence-corrected chi connectivity index (χ0v) is 12.4. The molecule has 0 spiro atoms. The number of carbonyl (C=O) groups excluding carboxylic acids is 1. The van der Waals surface area contributed by atoms with Crippen LogP contribution in [-0.2, 0) is 4.79 Å². The van der Waals surface area contributed by atoms with Crippen LogP contribution in [-0.4, -0.2) is 30.4 Å². The number of nitrogens with two attached hydrogens (primary N) is 1. The zero-order valence-electron chi connectivity index (χ0n) is 11.7. The van der Waals surface area contributed by atoms with Crippen molar-refractivity contribution in [2.24, 2.45) is 0 Å². The molecular weight excluding hydrogens is 276 g/mol. The van der Waals surface area contributed by atoms with E-state index in [1.165, 1.54) is 0 Å². The number of amides is 1. The fourth-order valence-electron chi connectivity index (χ4n) is 1.64. The Morgan fingerprint density at radius 3 is 2.95 bits per heavy atom. The van der Waals surface area contributed by atoms with E-state index in [1.807, 2.05) is 18.9 Å². The van der Waals surface area contributed by atoms with E-state index in [-0.39, 0.29) is 11.9 Å². The summed E-state index contributed by atoms with van der Waals surface area (Å²) in [7, 11) is 1.89. The first kappa shape index (κ1) is 16.3. The molecule has 0 aliphatic rings. The number of hydrogen-bond donors (Lipinski definition) is 2. The topological polar surface area (TPSA) is 82.2 Å². The maximum absolute atomic E-state index is 11.9. The highest BCUT2D eigenvalue weighted by atomic mass is 35.5. The number of hydrogen-bond acceptors (Lipinski definition) is 4. The smallest absolute Gasteiger partial charge is 0.225 e.